The standard InChI is InChI=1S/C11H9NO6S3/c1-18-11(15)9-7(3-5-20-9)21(16,17)12-6-2-4-19-8(6)10(13)14/h2-5,12H,1H3,(H,13,14). The van der Waals surface area contributed by atoms with Crippen LogP contribution in [0.4, 0.5) is 5.69 Å². The molecule has 0 bridgehead atoms. The normalized spacial score (nSPS) is 11.1. The Kier molecular flexibility index (Phi) is 4.30. The molecule has 0 fully saturated rings. The number of hydrogen-bond acceptors (Lipinski definition) is 7. The van der Waals surface area contributed by atoms with E-state index in [-0.39, 0.29) is 20.3 Å². The zero-order valence-electron chi connectivity index (χ0n) is 10.5. The van der Waals surface area contributed by atoms with Crippen molar-refractivity contribution in [1.82, 2.24) is 0 Å². The van der Waals surface area contributed by atoms with E-state index in [0.29, 0.717) is 0 Å². The Morgan fingerprint density at radius 3 is 2.43 bits per heavy atom. The van der Waals surface area contributed by atoms with Gasteiger partial charge in [0.25, 0.3) is 10.0 Å². The van der Waals surface area contributed by atoms with E-state index in [0.717, 1.165) is 29.8 Å². The van der Waals surface area contributed by atoms with Crippen molar-refractivity contribution in [2.24, 2.45) is 0 Å². The lowest BCUT2D eigenvalue weighted by molar-refractivity contribution is 0.0601. The maximum atomic E-state index is 12.3. The van der Waals surface area contributed by atoms with Crippen LogP contribution in [0.3, 0.4) is 0 Å². The number of anilines is 1. The number of hydrogen-bond donors (Lipinski definition) is 2. The Hall–Kier alpha value is -1.91. The van der Waals surface area contributed by atoms with Gasteiger partial charge in [0.05, 0.1) is 12.8 Å². The average molecular weight is 347 g/mol. The van der Waals surface area contributed by atoms with Crippen LogP contribution in [0.25, 0.3) is 0 Å². The maximum Gasteiger partial charge on any atom is 0.349 e. The van der Waals surface area contributed by atoms with Gasteiger partial charge in [0.15, 0.2) is 0 Å². The number of aromatic carboxylic acids is 1. The molecule has 112 valence electrons. The van der Waals surface area contributed by atoms with Crippen LogP contribution in [0.15, 0.2) is 27.8 Å². The third-order valence-corrected chi connectivity index (χ3v) is 5.73. The first-order chi connectivity index (χ1) is 9.86. The molecule has 0 atom stereocenters. The molecule has 0 amide bonds. The van der Waals surface area contributed by atoms with Crippen molar-refractivity contribution >= 4 is 50.3 Å². The molecule has 21 heavy (non-hydrogen) atoms. The molecule has 10 heteroatoms. The molecule has 0 aliphatic rings. The Labute approximate surface area is 127 Å². The van der Waals surface area contributed by atoms with E-state index in [2.05, 4.69) is 9.46 Å². The van der Waals surface area contributed by atoms with E-state index < -0.39 is 22.0 Å². The lowest BCUT2D eigenvalue weighted by Gasteiger charge is -2.07. The number of carboxylic acid groups (broad SMARTS) is 1. The third kappa shape index (κ3) is 3.06. The maximum absolute atomic E-state index is 12.3. The van der Waals surface area contributed by atoms with Crippen LogP contribution in [-0.4, -0.2) is 32.6 Å². The highest BCUT2D eigenvalue weighted by Crippen LogP contribution is 2.28. The van der Waals surface area contributed by atoms with Crippen LogP contribution < -0.4 is 4.72 Å². The molecule has 0 saturated carbocycles. The van der Waals surface area contributed by atoms with Crippen molar-refractivity contribution in [3.63, 3.8) is 0 Å². The Balaban J connectivity index is 2.40. The van der Waals surface area contributed by atoms with E-state index >= 15 is 0 Å². The summed E-state index contributed by atoms with van der Waals surface area (Å²) in [4.78, 5) is 22.1. The molecule has 2 heterocycles. The second kappa shape index (κ2) is 5.84. The topological polar surface area (TPSA) is 110 Å². The molecule has 0 unspecified atom stereocenters. The zero-order chi connectivity index (χ0) is 15.6. The number of rotatable bonds is 5. The number of ether oxygens (including phenoxy) is 1. The highest BCUT2D eigenvalue weighted by molar-refractivity contribution is 7.93. The van der Waals surface area contributed by atoms with Crippen molar-refractivity contribution in [2.45, 2.75) is 4.90 Å². The minimum Gasteiger partial charge on any atom is -0.477 e. The fraction of sp³-hybridized carbons (Fsp3) is 0.0909. The van der Waals surface area contributed by atoms with Gasteiger partial charge in [0.1, 0.15) is 14.6 Å². The summed E-state index contributed by atoms with van der Waals surface area (Å²) in [6, 6.07) is 2.60. The Morgan fingerprint density at radius 2 is 1.81 bits per heavy atom. The minimum absolute atomic E-state index is 0.0467. The second-order valence-corrected chi connectivity index (χ2v) is 7.16. The first kappa shape index (κ1) is 15.5. The summed E-state index contributed by atoms with van der Waals surface area (Å²) >= 11 is 1.82. The number of methoxy groups -OCH3 is 1. The molecular weight excluding hydrogens is 338 g/mol. The fourth-order valence-corrected chi connectivity index (χ4v) is 4.67. The summed E-state index contributed by atoms with van der Waals surface area (Å²) in [6.07, 6.45) is 0. The van der Waals surface area contributed by atoms with Crippen molar-refractivity contribution in [3.05, 3.63) is 32.6 Å². The highest BCUT2D eigenvalue weighted by Gasteiger charge is 2.26. The van der Waals surface area contributed by atoms with E-state index in [1.165, 1.54) is 22.9 Å². The van der Waals surface area contributed by atoms with E-state index in [9.17, 15) is 18.0 Å². The quantitative estimate of drug-likeness (QED) is 0.802. The molecule has 2 rings (SSSR count). The fourth-order valence-electron chi connectivity index (χ4n) is 1.51. The van der Waals surface area contributed by atoms with Crippen LogP contribution >= 0.6 is 22.7 Å². The summed E-state index contributed by atoms with van der Waals surface area (Å²) in [5, 5.41) is 11.9. The van der Waals surface area contributed by atoms with Gasteiger partial charge in [0.2, 0.25) is 0 Å². The van der Waals surface area contributed by atoms with Gasteiger partial charge in [-0.3, -0.25) is 4.72 Å². The van der Waals surface area contributed by atoms with Crippen LogP contribution in [0.5, 0.6) is 0 Å². The van der Waals surface area contributed by atoms with E-state index in [1.54, 1.807) is 0 Å². The molecule has 0 radical (unpaired) electrons. The van der Waals surface area contributed by atoms with Gasteiger partial charge < -0.3 is 9.84 Å². The number of carbonyl (C=O) groups is 2. The Bertz CT molecular complexity index is 788. The third-order valence-electron chi connectivity index (χ3n) is 2.39. The van der Waals surface area contributed by atoms with Crippen LogP contribution in [-0.2, 0) is 14.8 Å². The number of carboxylic acids is 1. The SMILES string of the molecule is COC(=O)c1sccc1S(=O)(=O)Nc1ccsc1C(=O)O. The number of sulfonamides is 1. The summed E-state index contributed by atoms with van der Waals surface area (Å²) in [5.41, 5.74) is -0.0467. The first-order valence-electron chi connectivity index (χ1n) is 5.36. The van der Waals surface area contributed by atoms with Crippen molar-refractivity contribution in [2.75, 3.05) is 11.8 Å². The van der Waals surface area contributed by atoms with Gasteiger partial charge in [-0.25, -0.2) is 18.0 Å². The van der Waals surface area contributed by atoms with E-state index in [4.69, 9.17) is 5.11 Å². The molecular formula is C11H9NO6S3. The average Bonchev–Trinajstić information content (AvgIpc) is 3.05. The number of esters is 1. The number of nitrogens with one attached hydrogen (secondary N) is 1. The van der Waals surface area contributed by atoms with Crippen LogP contribution in [0, 0.1) is 0 Å². The molecule has 0 aromatic carbocycles. The second-order valence-electron chi connectivity index (χ2n) is 3.68. The lowest BCUT2D eigenvalue weighted by Crippen LogP contribution is -2.16. The molecule has 2 aromatic rings. The molecule has 2 aromatic heterocycles. The lowest BCUT2D eigenvalue weighted by atomic mass is 10.4. The molecule has 0 spiro atoms. The number of thiophene rings is 2. The van der Waals surface area contributed by atoms with Gasteiger partial charge >= 0.3 is 11.9 Å². The monoisotopic (exact) mass is 347 g/mol. The van der Waals surface area contributed by atoms with Gasteiger partial charge in [-0.05, 0) is 22.9 Å². The van der Waals surface area contributed by atoms with Gasteiger partial charge in [-0.2, -0.15) is 0 Å². The number of carbonyl (C=O) groups excluding carboxylic acids is 1. The van der Waals surface area contributed by atoms with Gasteiger partial charge in [0, 0.05) is 0 Å². The summed E-state index contributed by atoms with van der Waals surface area (Å²) < 4.78 is 31.2. The van der Waals surface area contributed by atoms with Gasteiger partial charge in [-0.15, -0.1) is 22.7 Å². The predicted molar refractivity (Wildman–Crippen MR) is 77.7 cm³/mol. The largest absolute Gasteiger partial charge is 0.477 e. The predicted octanol–water partition coefficient (Wildman–Crippen LogP) is 2.10. The van der Waals surface area contributed by atoms with Crippen LogP contribution in [0.1, 0.15) is 19.3 Å². The molecule has 0 saturated heterocycles. The van der Waals surface area contributed by atoms with Crippen molar-refractivity contribution in [1.29, 1.82) is 0 Å². The first-order valence-corrected chi connectivity index (χ1v) is 8.60. The summed E-state index contributed by atoms with van der Waals surface area (Å²) in [6.45, 7) is 0. The summed E-state index contributed by atoms with van der Waals surface area (Å²) in [5.74, 6) is -2.00. The van der Waals surface area contributed by atoms with Crippen molar-refractivity contribution in [3.8, 4) is 0 Å². The van der Waals surface area contributed by atoms with Crippen LogP contribution in [0.2, 0.25) is 0 Å². The summed E-state index contributed by atoms with van der Waals surface area (Å²) in [7, 11) is -2.93. The Morgan fingerprint density at radius 1 is 1.19 bits per heavy atom. The molecule has 7 nitrogen and oxygen atoms in total. The van der Waals surface area contributed by atoms with Gasteiger partial charge in [-0.1, -0.05) is 0 Å². The molecule has 0 aliphatic carbocycles. The zero-order valence-corrected chi connectivity index (χ0v) is 13.0. The molecule has 2 N–H and O–H groups in total. The molecule has 0 aliphatic heterocycles. The van der Waals surface area contributed by atoms with Crippen molar-refractivity contribution < 1.29 is 27.9 Å². The minimum atomic E-state index is -4.08. The highest BCUT2D eigenvalue weighted by atomic mass is 32.2. The van der Waals surface area contributed by atoms with E-state index in [1.807, 2.05) is 0 Å². The smallest absolute Gasteiger partial charge is 0.349 e.